The molecule has 3 aliphatic carbocycles. The van der Waals surface area contributed by atoms with Crippen molar-refractivity contribution in [3.8, 4) is 0 Å². The Bertz CT molecular complexity index is 574. The van der Waals surface area contributed by atoms with Crippen LogP contribution in [0.1, 0.15) is 43.2 Å². The Morgan fingerprint density at radius 3 is 2.06 bits per heavy atom. The fourth-order valence-electron chi connectivity index (χ4n) is 3.52. The summed E-state index contributed by atoms with van der Waals surface area (Å²) in [7, 11) is 0. The summed E-state index contributed by atoms with van der Waals surface area (Å²) < 4.78 is 0. The normalized spacial score (nSPS) is 29.2. The predicted molar refractivity (Wildman–Crippen MR) is 79.5 cm³/mol. The summed E-state index contributed by atoms with van der Waals surface area (Å²) in [5, 5.41) is 1.92. The molecular formula is C14H12Cl4. The minimum Gasteiger partial charge on any atom is -0.0823 e. The van der Waals surface area contributed by atoms with Crippen LogP contribution in [0.2, 0.25) is 20.1 Å². The Kier molecular flexibility index (Phi) is 3.14. The molecule has 3 aliphatic rings. The molecule has 0 saturated carbocycles. The highest BCUT2D eigenvalue weighted by Gasteiger charge is 2.41. The molecule has 0 amide bonds. The first-order valence-electron chi connectivity index (χ1n) is 5.97. The van der Waals surface area contributed by atoms with E-state index in [0.29, 0.717) is 37.8 Å². The van der Waals surface area contributed by atoms with E-state index in [4.69, 9.17) is 46.4 Å². The van der Waals surface area contributed by atoms with E-state index >= 15 is 0 Å². The van der Waals surface area contributed by atoms with Gasteiger partial charge in [0.1, 0.15) is 0 Å². The smallest absolute Gasteiger partial charge is 0.0796 e. The maximum atomic E-state index is 6.41. The van der Waals surface area contributed by atoms with Crippen LogP contribution in [0.4, 0.5) is 0 Å². The lowest BCUT2D eigenvalue weighted by Crippen LogP contribution is -2.28. The molecule has 96 valence electrons. The van der Waals surface area contributed by atoms with Crippen LogP contribution in [0.5, 0.6) is 0 Å². The zero-order valence-electron chi connectivity index (χ0n) is 10.0. The van der Waals surface area contributed by atoms with Gasteiger partial charge in [0.15, 0.2) is 0 Å². The van der Waals surface area contributed by atoms with E-state index in [0.717, 1.165) is 17.5 Å². The minimum absolute atomic E-state index is 0.319. The molecule has 0 heterocycles. The predicted octanol–water partition coefficient (Wildman–Crippen LogP) is 6.47. The molecule has 1 aromatic carbocycles. The second-order valence-electron chi connectivity index (χ2n) is 5.29. The van der Waals surface area contributed by atoms with Crippen LogP contribution >= 0.6 is 46.4 Å². The third kappa shape index (κ3) is 1.59. The topological polar surface area (TPSA) is 0 Å². The molecule has 0 fully saturated rings. The van der Waals surface area contributed by atoms with E-state index in [2.05, 4.69) is 19.9 Å². The molecule has 1 unspecified atom stereocenters. The summed E-state index contributed by atoms with van der Waals surface area (Å²) in [4.78, 5) is 0. The zero-order valence-corrected chi connectivity index (χ0v) is 13.1. The first kappa shape index (κ1) is 13.1. The fourth-order valence-corrected chi connectivity index (χ4v) is 4.66. The summed E-state index contributed by atoms with van der Waals surface area (Å²) in [5.41, 5.74) is 3.55. The Morgan fingerprint density at radius 1 is 0.944 bits per heavy atom. The Hall–Kier alpha value is 0.120. The van der Waals surface area contributed by atoms with Crippen molar-refractivity contribution < 1.29 is 0 Å². The second-order valence-corrected chi connectivity index (χ2v) is 6.80. The van der Waals surface area contributed by atoms with Gasteiger partial charge in [0.25, 0.3) is 0 Å². The van der Waals surface area contributed by atoms with E-state index < -0.39 is 0 Å². The molecule has 0 nitrogen and oxygen atoms in total. The van der Waals surface area contributed by atoms with Crippen molar-refractivity contribution >= 4 is 46.4 Å². The van der Waals surface area contributed by atoms with Gasteiger partial charge in [-0.3, -0.25) is 0 Å². The van der Waals surface area contributed by atoms with Crippen LogP contribution in [0, 0.1) is 5.92 Å². The standard InChI is InChI=1S/C14H12Cl4/c1-5-3-7-4-6(2)8(5)10-9(7)11(15)13(17)14(18)12(10)16/h3,6-8H,4H2,1-2H3/t6?,7-,8+/m0/s1. The van der Waals surface area contributed by atoms with Crippen molar-refractivity contribution in [2.75, 3.05) is 0 Å². The molecule has 4 heteroatoms. The monoisotopic (exact) mass is 320 g/mol. The van der Waals surface area contributed by atoms with Crippen molar-refractivity contribution in [3.63, 3.8) is 0 Å². The second kappa shape index (κ2) is 4.31. The van der Waals surface area contributed by atoms with Gasteiger partial charge in [-0.2, -0.15) is 0 Å². The molecule has 0 aromatic heterocycles. The maximum Gasteiger partial charge on any atom is 0.0796 e. The van der Waals surface area contributed by atoms with Gasteiger partial charge in [-0.25, -0.2) is 0 Å². The SMILES string of the molecule is CC1=C[C@H]2CC(C)[C@@H]1c1c(Cl)c(Cl)c(Cl)c(Cl)c12. The number of allylic oxidation sites excluding steroid dienone is 2. The third-order valence-electron chi connectivity index (χ3n) is 4.17. The van der Waals surface area contributed by atoms with Crippen molar-refractivity contribution in [2.24, 2.45) is 5.92 Å². The lowest BCUT2D eigenvalue weighted by Gasteiger charge is -2.42. The van der Waals surface area contributed by atoms with E-state index in [9.17, 15) is 0 Å². The molecular weight excluding hydrogens is 310 g/mol. The summed E-state index contributed by atoms with van der Waals surface area (Å²) in [6.07, 6.45) is 3.39. The average molecular weight is 322 g/mol. The third-order valence-corrected chi connectivity index (χ3v) is 6.00. The highest BCUT2D eigenvalue weighted by molar-refractivity contribution is 6.52. The Balaban J connectivity index is 2.37. The average Bonchev–Trinajstić information content (AvgIpc) is 2.32. The van der Waals surface area contributed by atoms with Crippen LogP contribution in [0.15, 0.2) is 11.6 Å². The molecule has 2 bridgehead atoms. The largest absolute Gasteiger partial charge is 0.0823 e. The van der Waals surface area contributed by atoms with Crippen molar-refractivity contribution in [2.45, 2.75) is 32.1 Å². The van der Waals surface area contributed by atoms with Crippen molar-refractivity contribution in [1.29, 1.82) is 0 Å². The minimum atomic E-state index is 0.319. The summed E-state index contributed by atoms with van der Waals surface area (Å²) in [6.45, 7) is 4.41. The number of benzene rings is 1. The first-order chi connectivity index (χ1) is 8.43. The Labute approximate surface area is 127 Å². The van der Waals surface area contributed by atoms with Crippen LogP contribution in [-0.2, 0) is 0 Å². The molecule has 18 heavy (non-hydrogen) atoms. The number of hydrogen-bond acceptors (Lipinski definition) is 0. The van der Waals surface area contributed by atoms with Gasteiger partial charge in [-0.1, -0.05) is 65.0 Å². The molecule has 0 aliphatic heterocycles. The summed E-state index contributed by atoms with van der Waals surface area (Å²) in [5.74, 6) is 1.21. The highest BCUT2D eigenvalue weighted by Crippen LogP contribution is 2.58. The lowest BCUT2D eigenvalue weighted by molar-refractivity contribution is 0.391. The van der Waals surface area contributed by atoms with Gasteiger partial charge < -0.3 is 0 Å². The molecule has 1 aromatic rings. The van der Waals surface area contributed by atoms with E-state index in [1.165, 1.54) is 5.57 Å². The number of hydrogen-bond donors (Lipinski definition) is 0. The summed E-state index contributed by atoms with van der Waals surface area (Å²) in [6, 6.07) is 0. The molecule has 0 spiro atoms. The van der Waals surface area contributed by atoms with Gasteiger partial charge in [0.05, 0.1) is 20.1 Å². The fraction of sp³-hybridized carbons (Fsp3) is 0.429. The van der Waals surface area contributed by atoms with E-state index in [1.54, 1.807) is 0 Å². The van der Waals surface area contributed by atoms with Crippen molar-refractivity contribution in [1.82, 2.24) is 0 Å². The lowest BCUT2D eigenvalue weighted by atomic mass is 9.63. The van der Waals surface area contributed by atoms with Gasteiger partial charge >= 0.3 is 0 Å². The van der Waals surface area contributed by atoms with Gasteiger partial charge in [0.2, 0.25) is 0 Å². The van der Waals surface area contributed by atoms with E-state index in [1.807, 2.05) is 0 Å². The highest BCUT2D eigenvalue weighted by atomic mass is 35.5. The zero-order chi connectivity index (χ0) is 13.2. The van der Waals surface area contributed by atoms with Crippen molar-refractivity contribution in [3.05, 3.63) is 42.9 Å². The quantitative estimate of drug-likeness (QED) is 0.292. The number of halogens is 4. The molecule has 3 atom stereocenters. The van der Waals surface area contributed by atoms with Gasteiger partial charge in [0, 0.05) is 11.8 Å². The van der Waals surface area contributed by atoms with Crippen LogP contribution in [0.25, 0.3) is 0 Å². The molecule has 0 N–H and O–H groups in total. The first-order valence-corrected chi connectivity index (χ1v) is 7.48. The van der Waals surface area contributed by atoms with Crippen LogP contribution < -0.4 is 0 Å². The van der Waals surface area contributed by atoms with Crippen LogP contribution in [-0.4, -0.2) is 0 Å². The molecule has 0 saturated heterocycles. The van der Waals surface area contributed by atoms with Crippen LogP contribution in [0.3, 0.4) is 0 Å². The van der Waals surface area contributed by atoms with Gasteiger partial charge in [-0.05, 0) is 30.4 Å². The van der Waals surface area contributed by atoms with Gasteiger partial charge in [-0.15, -0.1) is 0 Å². The number of fused-ring (bicyclic) bond motifs is 1. The summed E-state index contributed by atoms with van der Waals surface area (Å²) >= 11 is 25.1. The number of rotatable bonds is 0. The molecule has 0 radical (unpaired) electrons. The molecule has 4 rings (SSSR count). The van der Waals surface area contributed by atoms with E-state index in [-0.39, 0.29) is 0 Å². The Morgan fingerprint density at radius 2 is 1.50 bits per heavy atom. The maximum absolute atomic E-state index is 6.41.